The van der Waals surface area contributed by atoms with Crippen LogP contribution in [0, 0.1) is 0 Å². The van der Waals surface area contributed by atoms with Crippen LogP contribution in [-0.4, -0.2) is 18.5 Å². The maximum atomic E-state index is 4.83. The summed E-state index contributed by atoms with van der Waals surface area (Å²) in [5.74, 6) is 0. The Bertz CT molecular complexity index is 500. The van der Waals surface area contributed by atoms with Gasteiger partial charge in [0.2, 0.25) is 0 Å². The Morgan fingerprint density at radius 2 is 0.628 bits per heavy atom. The van der Waals surface area contributed by atoms with E-state index in [1.807, 2.05) is 13.8 Å². The lowest BCUT2D eigenvalue weighted by molar-refractivity contribution is 0.162. The van der Waals surface area contributed by atoms with E-state index in [1.54, 1.807) is 0 Å². The highest BCUT2D eigenvalue weighted by atomic mass is 79.9. The van der Waals surface area contributed by atoms with Crippen molar-refractivity contribution in [2.24, 2.45) is 0 Å². The van der Waals surface area contributed by atoms with Crippen LogP contribution in [0.25, 0.3) is 0 Å². The lowest BCUT2D eigenvalue weighted by Crippen LogP contribution is -1.84. The number of halogens is 1. The average molecular weight is 668 g/mol. The number of rotatable bonds is 30. The second-order valence-electron chi connectivity index (χ2n) is 11.6. The van der Waals surface area contributed by atoms with Gasteiger partial charge >= 0.3 is 0 Å². The van der Waals surface area contributed by atoms with E-state index in [4.69, 9.17) is 4.74 Å². The van der Waals surface area contributed by atoms with Crippen molar-refractivity contribution in [3.05, 3.63) is 48.6 Å². The Labute approximate surface area is 282 Å². The van der Waals surface area contributed by atoms with Gasteiger partial charge in [0.15, 0.2) is 0 Å². The molecule has 0 fully saturated rings. The third-order valence-corrected chi connectivity index (χ3v) is 7.86. The lowest BCUT2D eigenvalue weighted by Gasteiger charge is -1.98. The normalized spacial score (nSPS) is 11.5. The third-order valence-electron chi connectivity index (χ3n) is 7.30. The zero-order valence-corrected chi connectivity index (χ0v) is 31.8. The van der Waals surface area contributed by atoms with Crippen molar-refractivity contribution in [2.75, 3.05) is 18.5 Å². The zero-order chi connectivity index (χ0) is 32.2. The first-order valence-electron chi connectivity index (χ1n) is 19.0. The van der Waals surface area contributed by atoms with Crippen molar-refractivity contribution < 1.29 is 4.74 Å². The molecule has 0 bridgehead atoms. The molecule has 0 spiro atoms. The molecule has 0 aromatic rings. The number of hydrogen-bond donors (Lipinski definition) is 0. The van der Waals surface area contributed by atoms with Crippen molar-refractivity contribution in [1.29, 1.82) is 0 Å². The molecule has 0 atom stereocenters. The second kappa shape index (κ2) is 51.0. The molecule has 0 aliphatic rings. The van der Waals surface area contributed by atoms with Crippen molar-refractivity contribution in [2.45, 2.75) is 195 Å². The predicted octanol–water partition coefficient (Wildman–Crippen LogP) is 15.4. The number of ether oxygens (including phenoxy) is 1. The average Bonchev–Trinajstić information content (AvgIpc) is 3.02. The van der Waals surface area contributed by atoms with Gasteiger partial charge in [-0.25, -0.2) is 0 Å². The van der Waals surface area contributed by atoms with Crippen LogP contribution in [0.1, 0.15) is 195 Å². The van der Waals surface area contributed by atoms with Crippen LogP contribution in [0.2, 0.25) is 0 Å². The maximum Gasteiger partial charge on any atom is 0.0437 e. The second-order valence-corrected chi connectivity index (χ2v) is 12.4. The lowest BCUT2D eigenvalue weighted by atomic mass is 10.1. The van der Waals surface area contributed by atoms with Crippen molar-refractivity contribution in [3.8, 4) is 0 Å². The van der Waals surface area contributed by atoms with Crippen molar-refractivity contribution in [3.63, 3.8) is 0 Å². The molecular weight excluding hydrogens is 588 g/mol. The van der Waals surface area contributed by atoms with Gasteiger partial charge in [-0.05, 0) is 84.5 Å². The summed E-state index contributed by atoms with van der Waals surface area (Å²) in [5.41, 5.74) is 0. The van der Waals surface area contributed by atoms with E-state index in [2.05, 4.69) is 85.3 Å². The topological polar surface area (TPSA) is 9.23 Å². The molecule has 0 saturated heterocycles. The fourth-order valence-electron chi connectivity index (χ4n) is 4.53. The molecule has 0 N–H and O–H groups in total. The van der Waals surface area contributed by atoms with Crippen LogP contribution in [0.15, 0.2) is 48.6 Å². The van der Waals surface area contributed by atoms with Gasteiger partial charge < -0.3 is 4.74 Å². The van der Waals surface area contributed by atoms with E-state index in [1.165, 1.54) is 153 Å². The molecule has 0 aliphatic heterocycles. The molecule has 0 aliphatic carbocycles. The largest absolute Gasteiger partial charge is 0.382 e. The fraction of sp³-hybridized carbons (Fsp3) is 0.805. The molecule has 1 nitrogen and oxygen atoms in total. The molecular formula is C41H79BrO. The van der Waals surface area contributed by atoms with E-state index in [-0.39, 0.29) is 0 Å². The number of allylic oxidation sites excluding steroid dienone is 8. The summed E-state index contributed by atoms with van der Waals surface area (Å²) >= 11 is 3.48. The van der Waals surface area contributed by atoms with Crippen LogP contribution >= 0.6 is 15.9 Å². The first kappa shape index (κ1) is 46.8. The Morgan fingerprint density at radius 3 is 0.930 bits per heavy atom. The number of unbranched alkanes of at least 4 members (excludes halogenated alkanes) is 19. The summed E-state index contributed by atoms with van der Waals surface area (Å²) in [7, 11) is 0. The smallest absolute Gasteiger partial charge is 0.0437 e. The molecule has 0 aromatic heterocycles. The first-order chi connectivity index (χ1) is 21.2. The van der Waals surface area contributed by atoms with Gasteiger partial charge in [-0.3, -0.25) is 0 Å². The van der Waals surface area contributed by atoms with Gasteiger partial charge in [0.25, 0.3) is 0 Å². The highest BCUT2D eigenvalue weighted by Gasteiger charge is 1.90. The zero-order valence-electron chi connectivity index (χ0n) is 30.2. The summed E-state index contributed by atoms with van der Waals surface area (Å²) in [5, 5.41) is 1.17. The van der Waals surface area contributed by atoms with E-state index < -0.39 is 0 Å². The van der Waals surface area contributed by atoms with Gasteiger partial charge in [-0.1, -0.05) is 175 Å². The van der Waals surface area contributed by atoms with E-state index in [0.717, 1.165) is 26.1 Å². The molecule has 256 valence electrons. The summed E-state index contributed by atoms with van der Waals surface area (Å²) < 4.78 is 4.83. The summed E-state index contributed by atoms with van der Waals surface area (Å²) in [6.07, 6.45) is 52.3. The molecule has 43 heavy (non-hydrogen) atoms. The molecule has 0 unspecified atom stereocenters. The molecule has 0 saturated carbocycles. The molecule has 0 heterocycles. The summed E-state index contributed by atoms with van der Waals surface area (Å²) in [4.78, 5) is 0. The Hall–Kier alpha value is -0.600. The van der Waals surface area contributed by atoms with Crippen molar-refractivity contribution in [1.82, 2.24) is 0 Å². The monoisotopic (exact) mass is 667 g/mol. The highest BCUT2D eigenvalue weighted by Crippen LogP contribution is 2.10. The minimum absolute atomic E-state index is 0.844. The minimum Gasteiger partial charge on any atom is -0.382 e. The fourth-order valence-corrected chi connectivity index (χ4v) is 4.92. The van der Waals surface area contributed by atoms with Crippen LogP contribution in [0.5, 0.6) is 0 Å². The standard InChI is InChI=1S/C19H36.C18H33Br.C4H10O/c1-3-5-7-9-11-13-15-17-19-18-16-14-12-10-8-6-4-2;1-2-3-4-5-6-7-8-9-10-11-12-13-14-15-16-17-18-19;1-3-5-4-2/h11,13,17,19H,3-10,12,14-16,18H2,1-2H3;6-7,9-10H,2-5,8,11-18H2,1H3;3-4H2,1-2H3/b13-11-,19-17-;7-6-,10-9-;. The van der Waals surface area contributed by atoms with Crippen LogP contribution in [0.3, 0.4) is 0 Å². The quantitative estimate of drug-likeness (QED) is 0.0421. The molecule has 2 heteroatoms. The molecule has 0 rings (SSSR count). The van der Waals surface area contributed by atoms with E-state index in [0.29, 0.717) is 0 Å². The van der Waals surface area contributed by atoms with E-state index in [9.17, 15) is 0 Å². The minimum atomic E-state index is 0.844. The Morgan fingerprint density at radius 1 is 0.349 bits per heavy atom. The van der Waals surface area contributed by atoms with Crippen LogP contribution in [0.4, 0.5) is 0 Å². The van der Waals surface area contributed by atoms with Crippen molar-refractivity contribution >= 4 is 15.9 Å². The number of hydrogen-bond acceptors (Lipinski definition) is 1. The predicted molar refractivity (Wildman–Crippen MR) is 205 cm³/mol. The summed E-state index contributed by atoms with van der Waals surface area (Å²) in [6.45, 7) is 12.5. The van der Waals surface area contributed by atoms with Crippen LogP contribution < -0.4 is 0 Å². The molecule has 0 radical (unpaired) electrons. The first-order valence-corrected chi connectivity index (χ1v) is 20.1. The van der Waals surface area contributed by atoms with Gasteiger partial charge in [-0.15, -0.1) is 0 Å². The molecule has 0 aromatic carbocycles. The highest BCUT2D eigenvalue weighted by molar-refractivity contribution is 9.09. The SMILES string of the molecule is CCCCC/C=C\C/C=C\CCCCCCCCBr.CCCCC/C=C\C/C=C\CCCCCCCCC.CCOCC. The maximum absolute atomic E-state index is 4.83. The van der Waals surface area contributed by atoms with Gasteiger partial charge in [0.1, 0.15) is 0 Å². The molecule has 0 amide bonds. The van der Waals surface area contributed by atoms with Crippen LogP contribution in [-0.2, 0) is 4.74 Å². The van der Waals surface area contributed by atoms with Gasteiger partial charge in [-0.2, -0.15) is 0 Å². The van der Waals surface area contributed by atoms with Gasteiger partial charge in [0.05, 0.1) is 0 Å². The Kier molecular flexibility index (Phi) is 55.5. The van der Waals surface area contributed by atoms with Gasteiger partial charge in [0, 0.05) is 18.5 Å². The Balaban J connectivity index is -0.000000642. The third kappa shape index (κ3) is 57.6. The van der Waals surface area contributed by atoms with E-state index >= 15 is 0 Å². The summed E-state index contributed by atoms with van der Waals surface area (Å²) in [6, 6.07) is 0. The number of alkyl halides is 1.